The molecule has 0 radical (unpaired) electrons. The number of aryl methyl sites for hydroxylation is 1. The summed E-state index contributed by atoms with van der Waals surface area (Å²) in [5, 5.41) is 4.48. The fraction of sp³-hybridized carbons (Fsp3) is 0.308. The number of aromatic nitrogens is 2. The molecule has 33 heavy (non-hydrogen) atoms. The van der Waals surface area contributed by atoms with E-state index in [0.29, 0.717) is 6.61 Å². The average molecular weight is 444 g/mol. The van der Waals surface area contributed by atoms with Crippen molar-refractivity contribution in [3.8, 4) is 11.4 Å². The van der Waals surface area contributed by atoms with Gasteiger partial charge in [0.05, 0.1) is 43.1 Å². The van der Waals surface area contributed by atoms with Gasteiger partial charge in [0.1, 0.15) is 17.4 Å². The van der Waals surface area contributed by atoms with Crippen LogP contribution in [-0.4, -0.2) is 46.6 Å². The van der Waals surface area contributed by atoms with Gasteiger partial charge in [-0.25, -0.2) is 9.37 Å². The summed E-state index contributed by atoms with van der Waals surface area (Å²) >= 11 is 0. The number of ether oxygens (including phenoxy) is 1. The van der Waals surface area contributed by atoms with Crippen LogP contribution >= 0.6 is 0 Å². The number of halogens is 1. The Morgan fingerprint density at radius 2 is 1.91 bits per heavy atom. The maximum absolute atomic E-state index is 13.5. The number of hydrazine groups is 1. The minimum absolute atomic E-state index is 0.214. The predicted octanol–water partition coefficient (Wildman–Crippen LogP) is 4.57. The van der Waals surface area contributed by atoms with Crippen molar-refractivity contribution in [1.82, 2.24) is 14.6 Å². The summed E-state index contributed by atoms with van der Waals surface area (Å²) in [7, 11) is 0. The third-order valence-electron chi connectivity index (χ3n) is 6.53. The molecule has 3 aliphatic heterocycles. The van der Waals surface area contributed by atoms with Crippen LogP contribution in [0.3, 0.4) is 0 Å². The first-order valence-electron chi connectivity index (χ1n) is 11.5. The lowest BCUT2D eigenvalue weighted by Crippen LogP contribution is -2.53. The number of hydrogen-bond acceptors (Lipinski definition) is 5. The van der Waals surface area contributed by atoms with Gasteiger partial charge < -0.3 is 9.30 Å². The van der Waals surface area contributed by atoms with E-state index in [2.05, 4.69) is 33.2 Å². The van der Waals surface area contributed by atoms with Gasteiger partial charge in [0.15, 0.2) is 0 Å². The van der Waals surface area contributed by atoms with E-state index in [1.54, 1.807) is 0 Å². The van der Waals surface area contributed by atoms with Crippen molar-refractivity contribution in [3.63, 3.8) is 0 Å². The Kier molecular flexibility index (Phi) is 4.89. The normalized spacial score (nSPS) is 18.7. The van der Waals surface area contributed by atoms with Crippen LogP contribution in [0, 0.1) is 12.7 Å². The van der Waals surface area contributed by atoms with E-state index >= 15 is 0 Å². The molecule has 0 N–H and O–H groups in total. The van der Waals surface area contributed by atoms with Crippen LogP contribution in [0.15, 0.2) is 59.5 Å². The molecule has 0 saturated carbocycles. The van der Waals surface area contributed by atoms with E-state index in [0.717, 1.165) is 67.6 Å². The molecule has 0 atom stereocenters. The van der Waals surface area contributed by atoms with E-state index in [4.69, 9.17) is 9.73 Å². The third-order valence-corrected chi connectivity index (χ3v) is 6.53. The number of imidazole rings is 1. The van der Waals surface area contributed by atoms with E-state index in [-0.39, 0.29) is 5.82 Å². The molecular weight excluding hydrogens is 417 g/mol. The molecule has 7 heteroatoms. The molecule has 1 saturated heterocycles. The Morgan fingerprint density at radius 1 is 1.03 bits per heavy atom. The zero-order chi connectivity index (χ0) is 22.4. The lowest BCUT2D eigenvalue weighted by atomic mass is 9.96. The Bertz CT molecular complexity index is 1260. The second-order valence-corrected chi connectivity index (χ2v) is 8.70. The monoisotopic (exact) mass is 443 g/mol. The predicted molar refractivity (Wildman–Crippen MR) is 127 cm³/mol. The van der Waals surface area contributed by atoms with Gasteiger partial charge in [0.2, 0.25) is 0 Å². The third kappa shape index (κ3) is 3.57. The number of benzene rings is 2. The first-order valence-corrected chi connectivity index (χ1v) is 11.5. The van der Waals surface area contributed by atoms with E-state index in [1.807, 2.05) is 36.1 Å². The fourth-order valence-electron chi connectivity index (χ4n) is 4.99. The second kappa shape index (κ2) is 8.06. The van der Waals surface area contributed by atoms with Gasteiger partial charge in [-0.2, -0.15) is 0 Å². The Hall–Kier alpha value is -3.61. The fourth-order valence-corrected chi connectivity index (χ4v) is 4.99. The first kappa shape index (κ1) is 20.0. The highest BCUT2D eigenvalue weighted by Gasteiger charge is 2.30. The highest BCUT2D eigenvalue weighted by molar-refractivity contribution is 6.04. The van der Waals surface area contributed by atoms with E-state index in [9.17, 15) is 4.39 Å². The smallest absolute Gasteiger partial charge is 0.147 e. The molecule has 6 rings (SSSR count). The number of amidine groups is 1. The van der Waals surface area contributed by atoms with Crippen LogP contribution in [0.25, 0.3) is 11.8 Å². The number of anilines is 1. The van der Waals surface area contributed by atoms with Gasteiger partial charge in [0, 0.05) is 24.7 Å². The van der Waals surface area contributed by atoms with Crippen molar-refractivity contribution in [2.75, 3.05) is 31.3 Å². The summed E-state index contributed by atoms with van der Waals surface area (Å²) < 4.78 is 21.5. The SMILES string of the molecule is Cc1cn(-c2ccc(C=C3CCCN4C3=NCCN4c3ccc(F)cc3)c3c2OCC3)cn1. The molecule has 0 bridgehead atoms. The number of hydrogen-bond donors (Lipinski definition) is 0. The Morgan fingerprint density at radius 3 is 2.73 bits per heavy atom. The second-order valence-electron chi connectivity index (χ2n) is 8.70. The molecule has 1 aromatic heterocycles. The van der Waals surface area contributed by atoms with E-state index in [1.165, 1.54) is 28.8 Å². The highest BCUT2D eigenvalue weighted by atomic mass is 19.1. The standard InChI is InChI=1S/C26H26FN5O/c1-18-16-30(17-29-18)24-9-4-19(23-10-14-33-25(23)24)15-20-3-2-12-32-26(20)28-11-13-31(32)22-7-5-21(27)6-8-22/h4-9,15-17H,2-3,10-14H2,1H3. The number of fused-ring (bicyclic) bond motifs is 2. The molecular formula is C26H26FN5O. The molecule has 0 aliphatic carbocycles. The molecule has 0 amide bonds. The van der Waals surface area contributed by atoms with Crippen molar-refractivity contribution < 1.29 is 9.13 Å². The van der Waals surface area contributed by atoms with Crippen LogP contribution in [0.1, 0.15) is 29.7 Å². The Balaban J connectivity index is 1.35. The molecule has 2 aromatic carbocycles. The maximum Gasteiger partial charge on any atom is 0.147 e. The molecule has 6 nitrogen and oxygen atoms in total. The van der Waals surface area contributed by atoms with Crippen LogP contribution in [0.4, 0.5) is 10.1 Å². The molecule has 1 fully saturated rings. The van der Waals surface area contributed by atoms with Crippen LogP contribution in [-0.2, 0) is 6.42 Å². The van der Waals surface area contributed by atoms with Crippen LogP contribution in [0.2, 0.25) is 0 Å². The van der Waals surface area contributed by atoms with Gasteiger partial charge >= 0.3 is 0 Å². The van der Waals surface area contributed by atoms with Crippen molar-refractivity contribution in [3.05, 3.63) is 77.1 Å². The van der Waals surface area contributed by atoms with Crippen LogP contribution < -0.4 is 9.75 Å². The summed E-state index contributed by atoms with van der Waals surface area (Å²) in [6, 6.07) is 11.0. The minimum atomic E-state index is -0.214. The molecule has 3 aliphatic rings. The van der Waals surface area contributed by atoms with Gasteiger partial charge in [-0.3, -0.25) is 15.0 Å². The topological polar surface area (TPSA) is 45.9 Å². The molecule has 168 valence electrons. The summed E-state index contributed by atoms with van der Waals surface area (Å²) in [4.78, 5) is 9.26. The van der Waals surface area contributed by atoms with Gasteiger partial charge in [-0.15, -0.1) is 0 Å². The zero-order valence-electron chi connectivity index (χ0n) is 18.7. The summed E-state index contributed by atoms with van der Waals surface area (Å²) in [6.07, 6.45) is 9.08. The van der Waals surface area contributed by atoms with Crippen LogP contribution in [0.5, 0.6) is 5.75 Å². The Labute approximate surface area is 192 Å². The van der Waals surface area contributed by atoms with Crippen molar-refractivity contribution >= 4 is 17.6 Å². The van der Waals surface area contributed by atoms with Gasteiger partial charge in [-0.05, 0) is 67.3 Å². The van der Waals surface area contributed by atoms with Crippen molar-refractivity contribution in [2.45, 2.75) is 26.2 Å². The molecule has 4 heterocycles. The van der Waals surface area contributed by atoms with Crippen molar-refractivity contribution in [1.29, 1.82) is 0 Å². The van der Waals surface area contributed by atoms with Crippen molar-refractivity contribution in [2.24, 2.45) is 4.99 Å². The lowest BCUT2D eigenvalue weighted by Gasteiger charge is -2.44. The minimum Gasteiger partial charge on any atom is -0.491 e. The quantitative estimate of drug-likeness (QED) is 0.595. The summed E-state index contributed by atoms with van der Waals surface area (Å²) in [6.45, 7) is 5.12. The first-order chi connectivity index (χ1) is 16.2. The molecule has 3 aromatic rings. The summed E-state index contributed by atoms with van der Waals surface area (Å²) in [5.41, 5.74) is 6.70. The largest absolute Gasteiger partial charge is 0.491 e. The lowest BCUT2D eigenvalue weighted by molar-refractivity contribution is 0.348. The summed E-state index contributed by atoms with van der Waals surface area (Å²) in [5.74, 6) is 1.76. The average Bonchev–Trinajstić information content (AvgIpc) is 3.49. The number of piperidine rings is 1. The number of rotatable bonds is 3. The number of aliphatic imine (C=N–C) groups is 1. The van der Waals surface area contributed by atoms with Gasteiger partial charge in [0.25, 0.3) is 0 Å². The van der Waals surface area contributed by atoms with E-state index < -0.39 is 0 Å². The molecule has 0 unspecified atom stereocenters. The number of nitrogens with zero attached hydrogens (tertiary/aromatic N) is 5. The van der Waals surface area contributed by atoms with Gasteiger partial charge in [-0.1, -0.05) is 6.07 Å². The molecule has 0 spiro atoms. The maximum atomic E-state index is 13.5. The zero-order valence-corrected chi connectivity index (χ0v) is 18.7. The highest BCUT2D eigenvalue weighted by Crippen LogP contribution is 2.37.